The van der Waals surface area contributed by atoms with Gasteiger partial charge in [0.15, 0.2) is 11.5 Å². The molecule has 0 atom stereocenters. The number of rotatable bonds is 6. The van der Waals surface area contributed by atoms with Crippen molar-refractivity contribution >= 4 is 11.7 Å². The maximum Gasteiger partial charge on any atom is 0.319 e. The highest BCUT2D eigenvalue weighted by Crippen LogP contribution is 2.39. The van der Waals surface area contributed by atoms with Crippen molar-refractivity contribution in [3.05, 3.63) is 35.8 Å². The number of aryl methyl sites for hydroxylation is 1. The second kappa shape index (κ2) is 7.44. The molecule has 23 heavy (non-hydrogen) atoms. The molecule has 7 heteroatoms. The molecule has 0 saturated heterocycles. The lowest BCUT2D eigenvalue weighted by atomic mass is 10.2. The SMILES string of the molecule is COc1cc(NC(=O)NCc2ccc(C)o2)cc(OC)c1OC. The van der Waals surface area contributed by atoms with Crippen LogP contribution < -0.4 is 24.8 Å². The average molecular weight is 320 g/mol. The van der Waals surface area contributed by atoms with Crippen LogP contribution in [0.1, 0.15) is 11.5 Å². The molecule has 1 aromatic heterocycles. The van der Waals surface area contributed by atoms with Crippen LogP contribution in [0.5, 0.6) is 17.2 Å². The third kappa shape index (κ3) is 4.09. The fraction of sp³-hybridized carbons (Fsp3) is 0.312. The Morgan fingerprint density at radius 3 is 2.22 bits per heavy atom. The number of amides is 2. The summed E-state index contributed by atoms with van der Waals surface area (Å²) in [5.41, 5.74) is 0.521. The molecule has 0 unspecified atom stereocenters. The van der Waals surface area contributed by atoms with Crippen molar-refractivity contribution in [2.75, 3.05) is 26.6 Å². The first-order chi connectivity index (χ1) is 11.1. The molecule has 7 nitrogen and oxygen atoms in total. The summed E-state index contributed by atoms with van der Waals surface area (Å²) in [6.45, 7) is 2.14. The van der Waals surface area contributed by atoms with Crippen LogP contribution in [0.2, 0.25) is 0 Å². The van der Waals surface area contributed by atoms with Gasteiger partial charge in [-0.15, -0.1) is 0 Å². The summed E-state index contributed by atoms with van der Waals surface area (Å²) in [6.07, 6.45) is 0. The number of ether oxygens (including phenoxy) is 3. The minimum absolute atomic E-state index is 0.296. The summed E-state index contributed by atoms with van der Waals surface area (Å²) in [6, 6.07) is 6.59. The summed E-state index contributed by atoms with van der Waals surface area (Å²) >= 11 is 0. The highest BCUT2D eigenvalue weighted by Gasteiger charge is 2.14. The topological polar surface area (TPSA) is 82.0 Å². The molecule has 0 spiro atoms. The number of carbonyl (C=O) groups is 1. The third-order valence-corrected chi connectivity index (χ3v) is 3.14. The van der Waals surface area contributed by atoms with Gasteiger partial charge in [-0.3, -0.25) is 0 Å². The van der Waals surface area contributed by atoms with Crippen molar-refractivity contribution in [1.29, 1.82) is 0 Å². The van der Waals surface area contributed by atoms with E-state index in [4.69, 9.17) is 18.6 Å². The monoisotopic (exact) mass is 320 g/mol. The molecule has 2 N–H and O–H groups in total. The molecule has 1 aromatic carbocycles. The summed E-state index contributed by atoms with van der Waals surface area (Å²) in [4.78, 5) is 12.0. The van der Waals surface area contributed by atoms with Crippen molar-refractivity contribution in [2.24, 2.45) is 0 Å². The van der Waals surface area contributed by atoms with E-state index in [1.807, 2.05) is 19.1 Å². The summed E-state index contributed by atoms with van der Waals surface area (Å²) < 4.78 is 21.1. The van der Waals surface area contributed by atoms with Crippen molar-refractivity contribution in [1.82, 2.24) is 5.32 Å². The van der Waals surface area contributed by atoms with E-state index < -0.39 is 0 Å². The molecule has 0 aliphatic rings. The van der Waals surface area contributed by atoms with E-state index in [9.17, 15) is 4.79 Å². The molecule has 0 radical (unpaired) electrons. The van der Waals surface area contributed by atoms with Gasteiger partial charge < -0.3 is 29.3 Å². The molecule has 124 valence electrons. The van der Waals surface area contributed by atoms with Gasteiger partial charge in [0.2, 0.25) is 5.75 Å². The lowest BCUT2D eigenvalue weighted by molar-refractivity contribution is 0.250. The Morgan fingerprint density at radius 1 is 1.09 bits per heavy atom. The van der Waals surface area contributed by atoms with Crippen LogP contribution in [0.15, 0.2) is 28.7 Å². The van der Waals surface area contributed by atoms with Gasteiger partial charge in [-0.25, -0.2) is 4.79 Å². The van der Waals surface area contributed by atoms with E-state index >= 15 is 0 Å². The number of urea groups is 1. The number of hydrogen-bond acceptors (Lipinski definition) is 5. The maximum atomic E-state index is 12.0. The molecule has 1 heterocycles. The van der Waals surface area contributed by atoms with E-state index in [1.54, 1.807) is 12.1 Å². The van der Waals surface area contributed by atoms with Crippen molar-refractivity contribution < 1.29 is 23.4 Å². The second-order valence-electron chi connectivity index (χ2n) is 4.73. The fourth-order valence-electron chi connectivity index (χ4n) is 2.08. The lowest BCUT2D eigenvalue weighted by Gasteiger charge is -2.14. The zero-order valence-corrected chi connectivity index (χ0v) is 13.6. The van der Waals surface area contributed by atoms with Gasteiger partial charge in [-0.05, 0) is 19.1 Å². The van der Waals surface area contributed by atoms with Crippen LogP contribution >= 0.6 is 0 Å². The van der Waals surface area contributed by atoms with E-state index in [0.717, 1.165) is 5.76 Å². The van der Waals surface area contributed by atoms with Crippen LogP contribution in [0, 0.1) is 6.92 Å². The van der Waals surface area contributed by atoms with Gasteiger partial charge >= 0.3 is 6.03 Å². The molecular weight excluding hydrogens is 300 g/mol. The standard InChI is InChI=1S/C16H20N2O5/c1-10-5-6-12(23-10)9-17-16(19)18-11-7-13(20-2)15(22-4)14(8-11)21-3/h5-8H,9H2,1-4H3,(H2,17,18,19). The summed E-state index contributed by atoms with van der Waals surface area (Å²) in [5, 5.41) is 5.42. The average Bonchev–Trinajstić information content (AvgIpc) is 2.97. The van der Waals surface area contributed by atoms with Gasteiger partial charge in [0.25, 0.3) is 0 Å². The van der Waals surface area contributed by atoms with Gasteiger partial charge in [-0.1, -0.05) is 0 Å². The van der Waals surface area contributed by atoms with E-state index in [0.29, 0.717) is 35.2 Å². The van der Waals surface area contributed by atoms with Crippen LogP contribution in [0.4, 0.5) is 10.5 Å². The Labute approximate surface area is 134 Å². The molecule has 2 aromatic rings. The van der Waals surface area contributed by atoms with E-state index in [2.05, 4.69) is 10.6 Å². The van der Waals surface area contributed by atoms with Crippen LogP contribution in [0.3, 0.4) is 0 Å². The number of methoxy groups -OCH3 is 3. The number of nitrogens with one attached hydrogen (secondary N) is 2. The van der Waals surface area contributed by atoms with E-state index in [1.165, 1.54) is 21.3 Å². The quantitative estimate of drug-likeness (QED) is 0.855. The number of anilines is 1. The zero-order valence-electron chi connectivity index (χ0n) is 13.6. The van der Waals surface area contributed by atoms with Gasteiger partial charge in [0, 0.05) is 12.1 Å². The number of carbonyl (C=O) groups excluding carboxylic acids is 1. The van der Waals surface area contributed by atoms with Gasteiger partial charge in [0.05, 0.1) is 33.6 Å². The molecule has 0 aliphatic heterocycles. The molecule has 2 rings (SSSR count). The number of benzene rings is 1. The Balaban J connectivity index is 2.05. The zero-order chi connectivity index (χ0) is 16.8. The Morgan fingerprint density at radius 2 is 1.74 bits per heavy atom. The predicted octanol–water partition coefficient (Wildman–Crippen LogP) is 2.94. The number of furan rings is 1. The van der Waals surface area contributed by atoms with Crippen molar-refractivity contribution in [3.8, 4) is 17.2 Å². The molecule has 0 fully saturated rings. The van der Waals surface area contributed by atoms with Gasteiger partial charge in [-0.2, -0.15) is 0 Å². The normalized spacial score (nSPS) is 10.1. The minimum Gasteiger partial charge on any atom is -0.493 e. The highest BCUT2D eigenvalue weighted by atomic mass is 16.5. The summed E-state index contributed by atoms with van der Waals surface area (Å²) in [7, 11) is 4.55. The first kappa shape index (κ1) is 16.5. The molecule has 2 amide bonds. The predicted molar refractivity (Wildman–Crippen MR) is 85.4 cm³/mol. The second-order valence-corrected chi connectivity index (χ2v) is 4.73. The largest absolute Gasteiger partial charge is 0.493 e. The van der Waals surface area contributed by atoms with Crippen molar-refractivity contribution in [3.63, 3.8) is 0 Å². The Kier molecular flexibility index (Phi) is 5.35. The molecule has 0 aliphatic carbocycles. The first-order valence-electron chi connectivity index (χ1n) is 6.97. The highest BCUT2D eigenvalue weighted by molar-refractivity contribution is 5.90. The molecule has 0 bridgehead atoms. The Hall–Kier alpha value is -2.83. The van der Waals surface area contributed by atoms with Gasteiger partial charge in [0.1, 0.15) is 11.5 Å². The fourth-order valence-corrected chi connectivity index (χ4v) is 2.08. The van der Waals surface area contributed by atoms with Crippen molar-refractivity contribution in [2.45, 2.75) is 13.5 Å². The lowest BCUT2D eigenvalue weighted by Crippen LogP contribution is -2.28. The summed E-state index contributed by atoms with van der Waals surface area (Å²) in [5.74, 6) is 2.87. The maximum absolute atomic E-state index is 12.0. The molecular formula is C16H20N2O5. The minimum atomic E-state index is -0.367. The van der Waals surface area contributed by atoms with Crippen LogP contribution in [0.25, 0.3) is 0 Å². The third-order valence-electron chi connectivity index (χ3n) is 3.14. The molecule has 0 saturated carbocycles. The van der Waals surface area contributed by atoms with E-state index in [-0.39, 0.29) is 6.03 Å². The first-order valence-corrected chi connectivity index (χ1v) is 6.97. The van der Waals surface area contributed by atoms with Crippen LogP contribution in [-0.2, 0) is 6.54 Å². The smallest absolute Gasteiger partial charge is 0.319 e. The number of hydrogen-bond donors (Lipinski definition) is 2. The Bertz CT molecular complexity index is 656. The van der Waals surface area contributed by atoms with Crippen LogP contribution in [-0.4, -0.2) is 27.4 Å².